The van der Waals surface area contributed by atoms with Crippen LogP contribution in [0.4, 0.5) is 14.5 Å². The van der Waals surface area contributed by atoms with Gasteiger partial charge >= 0.3 is 0 Å². The Kier molecular flexibility index (Phi) is 6.88. The van der Waals surface area contributed by atoms with E-state index in [1.54, 1.807) is 39.8 Å². The Bertz CT molecular complexity index is 1200. The molecule has 1 aliphatic carbocycles. The maximum Gasteiger partial charge on any atom is 0.229 e. The molecule has 2 aromatic carbocycles. The summed E-state index contributed by atoms with van der Waals surface area (Å²) in [5.74, 6) is -1.71. The standard InChI is InChI=1S/C26H34F2N2O3S/c1-8-21(16-9-10-22(15(2)11-16)30-34(7,32)33)29-24(31)18-14-26(18,6)17-12-19(27)23(20(28)13-17)25(3,4)5/h9-13,18,21,30H,8,14H2,1-7H3,(H,29,31)/t18?,21-,26?/m1/s1. The molecule has 2 N–H and O–H groups in total. The molecule has 34 heavy (non-hydrogen) atoms. The molecule has 0 radical (unpaired) electrons. The van der Waals surface area contributed by atoms with Crippen LogP contribution in [0.2, 0.25) is 0 Å². The second-order valence-electron chi connectivity index (χ2n) is 10.7. The quantitative estimate of drug-likeness (QED) is 0.537. The number of nitrogens with one attached hydrogen (secondary N) is 2. The molecule has 0 spiro atoms. The minimum atomic E-state index is -3.39. The number of hydrogen-bond donors (Lipinski definition) is 2. The summed E-state index contributed by atoms with van der Waals surface area (Å²) in [6, 6.07) is 7.79. The van der Waals surface area contributed by atoms with Crippen LogP contribution in [0.1, 0.15) is 75.8 Å². The van der Waals surface area contributed by atoms with Crippen molar-refractivity contribution < 1.29 is 22.0 Å². The van der Waals surface area contributed by atoms with Crippen molar-refractivity contribution in [3.8, 4) is 0 Å². The molecular weight excluding hydrogens is 458 g/mol. The molecule has 5 nitrogen and oxygen atoms in total. The lowest BCUT2D eigenvalue weighted by atomic mass is 9.83. The third kappa shape index (κ3) is 5.43. The van der Waals surface area contributed by atoms with Crippen molar-refractivity contribution in [2.75, 3.05) is 11.0 Å². The van der Waals surface area contributed by atoms with E-state index in [-0.39, 0.29) is 23.4 Å². The van der Waals surface area contributed by atoms with E-state index in [4.69, 9.17) is 0 Å². The van der Waals surface area contributed by atoms with Gasteiger partial charge in [0.05, 0.1) is 18.0 Å². The van der Waals surface area contributed by atoms with Crippen LogP contribution < -0.4 is 10.0 Å². The second kappa shape index (κ2) is 8.95. The van der Waals surface area contributed by atoms with Crippen molar-refractivity contribution in [1.29, 1.82) is 0 Å². The Morgan fingerprint density at radius 3 is 2.24 bits per heavy atom. The molecule has 3 rings (SSSR count). The van der Waals surface area contributed by atoms with Crippen LogP contribution in [0.5, 0.6) is 0 Å². The Balaban J connectivity index is 1.77. The third-order valence-electron chi connectivity index (χ3n) is 6.68. The number of carbonyl (C=O) groups is 1. The lowest BCUT2D eigenvalue weighted by Gasteiger charge is -2.23. The van der Waals surface area contributed by atoms with Gasteiger partial charge in [0.1, 0.15) is 11.6 Å². The van der Waals surface area contributed by atoms with E-state index in [9.17, 15) is 22.0 Å². The van der Waals surface area contributed by atoms with Crippen LogP contribution in [0, 0.1) is 24.5 Å². The number of hydrogen-bond acceptors (Lipinski definition) is 3. The Hall–Kier alpha value is -2.48. The van der Waals surface area contributed by atoms with E-state index in [2.05, 4.69) is 10.0 Å². The van der Waals surface area contributed by atoms with Gasteiger partial charge in [-0.25, -0.2) is 17.2 Å². The Morgan fingerprint density at radius 1 is 1.18 bits per heavy atom. The van der Waals surface area contributed by atoms with E-state index in [1.165, 1.54) is 12.1 Å². The number of benzene rings is 2. The molecule has 8 heteroatoms. The smallest absolute Gasteiger partial charge is 0.229 e. The fraction of sp³-hybridized carbons (Fsp3) is 0.500. The summed E-state index contributed by atoms with van der Waals surface area (Å²) in [5, 5.41) is 3.06. The van der Waals surface area contributed by atoms with E-state index in [0.29, 0.717) is 24.1 Å². The zero-order valence-corrected chi connectivity index (χ0v) is 21.7. The first-order valence-electron chi connectivity index (χ1n) is 11.5. The molecule has 1 aliphatic rings. The summed E-state index contributed by atoms with van der Waals surface area (Å²) in [4.78, 5) is 13.1. The molecule has 0 aliphatic heterocycles. The SMILES string of the molecule is CC[C@@H](NC(=O)C1CC1(C)c1cc(F)c(C(C)(C)C)c(F)c1)c1ccc(NS(C)(=O)=O)c(C)c1. The van der Waals surface area contributed by atoms with Gasteiger partial charge < -0.3 is 5.32 Å². The van der Waals surface area contributed by atoms with E-state index in [0.717, 1.165) is 17.4 Å². The predicted octanol–water partition coefficient (Wildman–Crippen LogP) is 5.49. The zero-order valence-electron chi connectivity index (χ0n) is 20.8. The lowest BCUT2D eigenvalue weighted by molar-refractivity contribution is -0.123. The van der Waals surface area contributed by atoms with Gasteiger partial charge in [0.15, 0.2) is 0 Å². The average Bonchev–Trinajstić information content (AvgIpc) is 3.38. The second-order valence-corrected chi connectivity index (χ2v) is 12.4. The van der Waals surface area contributed by atoms with Crippen molar-refractivity contribution in [2.24, 2.45) is 5.92 Å². The number of sulfonamides is 1. The van der Waals surface area contributed by atoms with Crippen LogP contribution in [-0.2, 0) is 25.6 Å². The van der Waals surface area contributed by atoms with Gasteiger partial charge in [-0.2, -0.15) is 0 Å². The van der Waals surface area contributed by atoms with Gasteiger partial charge in [0, 0.05) is 16.9 Å². The van der Waals surface area contributed by atoms with Crippen LogP contribution in [0.25, 0.3) is 0 Å². The fourth-order valence-electron chi connectivity index (χ4n) is 4.60. The van der Waals surface area contributed by atoms with Crippen molar-refractivity contribution in [2.45, 2.75) is 71.3 Å². The molecule has 1 amide bonds. The summed E-state index contributed by atoms with van der Waals surface area (Å²) >= 11 is 0. The molecule has 0 saturated heterocycles. The lowest BCUT2D eigenvalue weighted by Crippen LogP contribution is -2.31. The highest BCUT2D eigenvalue weighted by Crippen LogP contribution is 2.55. The van der Waals surface area contributed by atoms with Crippen molar-refractivity contribution in [3.05, 3.63) is 64.2 Å². The summed E-state index contributed by atoms with van der Waals surface area (Å²) in [7, 11) is -3.39. The van der Waals surface area contributed by atoms with Crippen molar-refractivity contribution in [3.63, 3.8) is 0 Å². The fourth-order valence-corrected chi connectivity index (χ4v) is 5.23. The molecule has 3 atom stereocenters. The number of halogens is 2. The summed E-state index contributed by atoms with van der Waals surface area (Å²) in [5.41, 5.74) is 1.36. The molecule has 1 saturated carbocycles. The van der Waals surface area contributed by atoms with Crippen LogP contribution in [0.3, 0.4) is 0 Å². The monoisotopic (exact) mass is 492 g/mol. The van der Waals surface area contributed by atoms with E-state index in [1.807, 2.05) is 19.9 Å². The summed E-state index contributed by atoms with van der Waals surface area (Å²) in [6.07, 6.45) is 2.24. The van der Waals surface area contributed by atoms with Crippen molar-refractivity contribution >= 4 is 21.6 Å². The Labute approximate surface area is 201 Å². The van der Waals surface area contributed by atoms with Gasteiger partial charge in [0.2, 0.25) is 15.9 Å². The first kappa shape index (κ1) is 26.1. The number of anilines is 1. The van der Waals surface area contributed by atoms with Crippen LogP contribution in [0.15, 0.2) is 30.3 Å². The van der Waals surface area contributed by atoms with Gasteiger partial charge in [0.25, 0.3) is 0 Å². The number of rotatable bonds is 7. The molecule has 186 valence electrons. The normalized spacial score (nSPS) is 21.1. The average molecular weight is 493 g/mol. The van der Waals surface area contributed by atoms with Gasteiger partial charge in [-0.05, 0) is 60.1 Å². The highest BCUT2D eigenvalue weighted by molar-refractivity contribution is 7.92. The van der Waals surface area contributed by atoms with Gasteiger partial charge in [-0.1, -0.05) is 46.8 Å². The number of amides is 1. The molecule has 1 fully saturated rings. The highest BCUT2D eigenvalue weighted by Gasteiger charge is 2.56. The maximum atomic E-state index is 14.8. The number of aryl methyl sites for hydroxylation is 1. The minimum absolute atomic E-state index is 0.0525. The van der Waals surface area contributed by atoms with Crippen molar-refractivity contribution in [1.82, 2.24) is 5.32 Å². The zero-order chi connectivity index (χ0) is 25.6. The van der Waals surface area contributed by atoms with Crippen LogP contribution >= 0.6 is 0 Å². The molecule has 2 unspecified atom stereocenters. The largest absolute Gasteiger partial charge is 0.349 e. The molecule has 0 aromatic heterocycles. The van der Waals surface area contributed by atoms with Gasteiger partial charge in [-0.15, -0.1) is 0 Å². The predicted molar refractivity (Wildman–Crippen MR) is 131 cm³/mol. The molecular formula is C26H34F2N2O3S. The molecule has 0 heterocycles. The van der Waals surface area contributed by atoms with Gasteiger partial charge in [-0.3, -0.25) is 9.52 Å². The topological polar surface area (TPSA) is 75.3 Å². The maximum absolute atomic E-state index is 14.8. The summed E-state index contributed by atoms with van der Waals surface area (Å²) in [6.45, 7) is 10.9. The Morgan fingerprint density at radius 2 is 1.76 bits per heavy atom. The van der Waals surface area contributed by atoms with Crippen LogP contribution in [-0.4, -0.2) is 20.6 Å². The first-order valence-corrected chi connectivity index (χ1v) is 13.3. The number of carbonyl (C=O) groups excluding carboxylic acids is 1. The molecule has 2 aromatic rings. The van der Waals surface area contributed by atoms with E-state index < -0.39 is 32.5 Å². The first-order chi connectivity index (χ1) is 15.6. The third-order valence-corrected chi connectivity index (χ3v) is 7.27. The summed E-state index contributed by atoms with van der Waals surface area (Å²) < 4.78 is 55.1. The van der Waals surface area contributed by atoms with E-state index >= 15 is 0 Å². The minimum Gasteiger partial charge on any atom is -0.349 e. The molecule has 0 bridgehead atoms. The highest BCUT2D eigenvalue weighted by atomic mass is 32.2.